The third-order valence-electron chi connectivity index (χ3n) is 2.41. The molecule has 2 heterocycles. The van der Waals surface area contributed by atoms with E-state index in [9.17, 15) is 0 Å². The van der Waals surface area contributed by atoms with E-state index in [1.807, 2.05) is 6.07 Å². The van der Waals surface area contributed by atoms with Crippen LogP contribution in [-0.2, 0) is 0 Å². The molecule has 2 rings (SSSR count). The summed E-state index contributed by atoms with van der Waals surface area (Å²) in [7, 11) is 0. The summed E-state index contributed by atoms with van der Waals surface area (Å²) in [6.45, 7) is 5.21. The summed E-state index contributed by atoms with van der Waals surface area (Å²) in [6, 6.07) is 4.42. The first-order chi connectivity index (χ1) is 7.33. The Balaban J connectivity index is 2.32. The van der Waals surface area contributed by atoms with Gasteiger partial charge >= 0.3 is 0 Å². The van der Waals surface area contributed by atoms with E-state index in [2.05, 4.69) is 40.8 Å². The summed E-state index contributed by atoms with van der Waals surface area (Å²) in [5, 5.41) is 12.6. The minimum atomic E-state index is 0.248. The van der Waals surface area contributed by atoms with Gasteiger partial charge in [-0.2, -0.15) is 5.10 Å². The Hall–Kier alpha value is -1.13. The molecule has 0 amide bonds. The van der Waals surface area contributed by atoms with Crippen molar-refractivity contribution in [1.82, 2.24) is 15.5 Å². The molecule has 15 heavy (non-hydrogen) atoms. The normalized spacial score (nSPS) is 12.9. The molecule has 0 aliphatic carbocycles. The Morgan fingerprint density at radius 2 is 2.40 bits per heavy atom. The largest absolute Gasteiger partial charge is 0.305 e. The van der Waals surface area contributed by atoms with Crippen LogP contribution >= 0.6 is 11.3 Å². The third-order valence-corrected chi connectivity index (χ3v) is 3.49. The van der Waals surface area contributed by atoms with Crippen molar-refractivity contribution >= 4 is 11.3 Å². The van der Waals surface area contributed by atoms with E-state index in [0.717, 1.165) is 12.2 Å². The SMILES string of the molecule is CCNC(c1ccn[nH]1)c1sccc1C. The second-order valence-electron chi connectivity index (χ2n) is 3.47. The molecule has 0 saturated carbocycles. The Morgan fingerprint density at radius 1 is 1.53 bits per heavy atom. The van der Waals surface area contributed by atoms with Crippen LogP contribution in [0, 0.1) is 6.92 Å². The number of aromatic amines is 1. The lowest BCUT2D eigenvalue weighted by molar-refractivity contribution is 0.620. The zero-order valence-corrected chi connectivity index (χ0v) is 9.77. The Morgan fingerprint density at radius 3 is 2.93 bits per heavy atom. The Bertz CT molecular complexity index is 405. The van der Waals surface area contributed by atoms with Gasteiger partial charge in [0.2, 0.25) is 0 Å². The van der Waals surface area contributed by atoms with E-state index in [1.165, 1.54) is 10.4 Å². The standard InChI is InChI=1S/C11H15N3S/c1-3-12-10(9-4-6-13-14-9)11-8(2)5-7-15-11/h4-7,10,12H,3H2,1-2H3,(H,13,14). The molecular formula is C11H15N3S. The molecule has 1 unspecified atom stereocenters. The van der Waals surface area contributed by atoms with Gasteiger partial charge in [-0.1, -0.05) is 6.92 Å². The topological polar surface area (TPSA) is 40.7 Å². The average molecular weight is 221 g/mol. The van der Waals surface area contributed by atoms with Crippen molar-refractivity contribution in [3.05, 3.63) is 39.8 Å². The number of hydrogen-bond donors (Lipinski definition) is 2. The first-order valence-corrected chi connectivity index (χ1v) is 5.97. The lowest BCUT2D eigenvalue weighted by atomic mass is 10.1. The zero-order chi connectivity index (χ0) is 10.7. The number of thiophene rings is 1. The second-order valence-corrected chi connectivity index (χ2v) is 4.42. The molecule has 4 heteroatoms. The van der Waals surface area contributed by atoms with Crippen LogP contribution in [0.4, 0.5) is 0 Å². The maximum absolute atomic E-state index is 4.00. The predicted molar refractivity (Wildman–Crippen MR) is 63.2 cm³/mol. The molecule has 2 aromatic heterocycles. The highest BCUT2D eigenvalue weighted by Crippen LogP contribution is 2.27. The van der Waals surface area contributed by atoms with Gasteiger partial charge in [-0.15, -0.1) is 11.3 Å². The predicted octanol–water partition coefficient (Wildman–Crippen LogP) is 2.48. The summed E-state index contributed by atoms with van der Waals surface area (Å²) in [5.41, 5.74) is 2.46. The van der Waals surface area contributed by atoms with Crippen LogP contribution in [0.1, 0.15) is 29.1 Å². The van der Waals surface area contributed by atoms with Crippen molar-refractivity contribution in [2.24, 2.45) is 0 Å². The number of rotatable bonds is 4. The van der Waals surface area contributed by atoms with Crippen molar-refractivity contribution in [3.8, 4) is 0 Å². The number of H-pyrrole nitrogens is 1. The van der Waals surface area contributed by atoms with Crippen LogP contribution in [-0.4, -0.2) is 16.7 Å². The molecule has 0 aliphatic heterocycles. The molecule has 2 aromatic rings. The van der Waals surface area contributed by atoms with Crippen molar-refractivity contribution in [2.45, 2.75) is 19.9 Å². The molecular weight excluding hydrogens is 206 g/mol. The van der Waals surface area contributed by atoms with Crippen molar-refractivity contribution in [3.63, 3.8) is 0 Å². The fourth-order valence-corrected chi connectivity index (χ4v) is 2.67. The lowest BCUT2D eigenvalue weighted by Crippen LogP contribution is -2.22. The molecule has 0 aromatic carbocycles. The van der Waals surface area contributed by atoms with E-state index < -0.39 is 0 Å². The van der Waals surface area contributed by atoms with Gasteiger partial charge in [0, 0.05) is 11.1 Å². The van der Waals surface area contributed by atoms with Crippen LogP contribution in [0.2, 0.25) is 0 Å². The molecule has 2 N–H and O–H groups in total. The number of nitrogens with one attached hydrogen (secondary N) is 2. The number of aryl methyl sites for hydroxylation is 1. The summed E-state index contributed by atoms with van der Waals surface area (Å²) < 4.78 is 0. The molecule has 0 saturated heterocycles. The van der Waals surface area contributed by atoms with Gasteiger partial charge in [0.1, 0.15) is 0 Å². The third kappa shape index (κ3) is 2.11. The van der Waals surface area contributed by atoms with Crippen molar-refractivity contribution < 1.29 is 0 Å². The zero-order valence-electron chi connectivity index (χ0n) is 8.95. The van der Waals surface area contributed by atoms with Gasteiger partial charge in [0.25, 0.3) is 0 Å². The average Bonchev–Trinajstić information content (AvgIpc) is 2.85. The maximum atomic E-state index is 4.00. The van der Waals surface area contributed by atoms with Gasteiger partial charge in [0.15, 0.2) is 0 Å². The highest BCUT2D eigenvalue weighted by molar-refractivity contribution is 7.10. The van der Waals surface area contributed by atoms with E-state index in [4.69, 9.17) is 0 Å². The first-order valence-electron chi connectivity index (χ1n) is 5.09. The minimum absolute atomic E-state index is 0.248. The smallest absolute Gasteiger partial charge is 0.0841 e. The van der Waals surface area contributed by atoms with Crippen LogP contribution in [0.15, 0.2) is 23.7 Å². The van der Waals surface area contributed by atoms with Crippen LogP contribution < -0.4 is 5.32 Å². The van der Waals surface area contributed by atoms with E-state index in [-0.39, 0.29) is 6.04 Å². The molecule has 0 bridgehead atoms. The number of hydrogen-bond acceptors (Lipinski definition) is 3. The summed E-state index contributed by atoms with van der Waals surface area (Å²) >= 11 is 1.79. The summed E-state index contributed by atoms with van der Waals surface area (Å²) in [5.74, 6) is 0. The van der Waals surface area contributed by atoms with Crippen LogP contribution in [0.25, 0.3) is 0 Å². The summed E-state index contributed by atoms with van der Waals surface area (Å²) in [6.07, 6.45) is 1.79. The van der Waals surface area contributed by atoms with Gasteiger partial charge in [0.05, 0.1) is 11.7 Å². The first kappa shape index (κ1) is 10.4. The van der Waals surface area contributed by atoms with Crippen molar-refractivity contribution in [2.75, 3.05) is 6.54 Å². The molecule has 80 valence electrons. The quantitative estimate of drug-likeness (QED) is 0.832. The van der Waals surface area contributed by atoms with E-state index in [1.54, 1.807) is 17.5 Å². The van der Waals surface area contributed by atoms with Gasteiger partial charge in [-0.05, 0) is 36.5 Å². The number of nitrogens with zero attached hydrogens (tertiary/aromatic N) is 1. The second kappa shape index (κ2) is 4.59. The van der Waals surface area contributed by atoms with Gasteiger partial charge < -0.3 is 5.32 Å². The Labute approximate surface area is 93.5 Å². The monoisotopic (exact) mass is 221 g/mol. The molecule has 1 atom stereocenters. The molecule has 0 fully saturated rings. The molecule has 0 radical (unpaired) electrons. The van der Waals surface area contributed by atoms with E-state index in [0.29, 0.717) is 0 Å². The maximum Gasteiger partial charge on any atom is 0.0841 e. The number of aromatic nitrogens is 2. The lowest BCUT2D eigenvalue weighted by Gasteiger charge is -2.15. The fraction of sp³-hybridized carbons (Fsp3) is 0.364. The van der Waals surface area contributed by atoms with Gasteiger partial charge in [-0.3, -0.25) is 5.10 Å². The molecule has 0 spiro atoms. The highest BCUT2D eigenvalue weighted by atomic mass is 32.1. The molecule has 0 aliphatic rings. The highest BCUT2D eigenvalue weighted by Gasteiger charge is 2.17. The minimum Gasteiger partial charge on any atom is -0.305 e. The van der Waals surface area contributed by atoms with E-state index >= 15 is 0 Å². The summed E-state index contributed by atoms with van der Waals surface area (Å²) in [4.78, 5) is 1.36. The van der Waals surface area contributed by atoms with Crippen LogP contribution in [0.3, 0.4) is 0 Å². The van der Waals surface area contributed by atoms with Crippen LogP contribution in [0.5, 0.6) is 0 Å². The Kier molecular flexibility index (Phi) is 3.18. The fourth-order valence-electron chi connectivity index (χ4n) is 1.66. The van der Waals surface area contributed by atoms with Crippen molar-refractivity contribution in [1.29, 1.82) is 0 Å². The molecule has 3 nitrogen and oxygen atoms in total. The van der Waals surface area contributed by atoms with Gasteiger partial charge in [-0.25, -0.2) is 0 Å².